The van der Waals surface area contributed by atoms with Crippen molar-refractivity contribution in [2.75, 3.05) is 25.0 Å². The highest BCUT2D eigenvalue weighted by Gasteiger charge is 2.65. The van der Waals surface area contributed by atoms with Gasteiger partial charge in [0, 0.05) is 30.3 Å². The van der Waals surface area contributed by atoms with Crippen LogP contribution in [0.2, 0.25) is 5.02 Å². The Morgan fingerprint density at radius 1 is 1.17 bits per heavy atom. The van der Waals surface area contributed by atoms with Crippen molar-refractivity contribution < 1.29 is 17.9 Å². The zero-order chi connectivity index (χ0) is 20.9. The van der Waals surface area contributed by atoms with Gasteiger partial charge < -0.3 is 15.0 Å². The first-order valence-corrected chi connectivity index (χ1v) is 11.8. The molecule has 2 amide bonds. The molecule has 0 unspecified atom stereocenters. The van der Waals surface area contributed by atoms with Crippen molar-refractivity contribution in [2.45, 2.75) is 29.9 Å². The molecule has 3 heterocycles. The molecular weight excluding hydrogens is 426 g/mol. The molecule has 7 nitrogen and oxygen atoms in total. The third-order valence-electron chi connectivity index (χ3n) is 6.08. The molecule has 158 valence electrons. The van der Waals surface area contributed by atoms with Crippen molar-refractivity contribution >= 4 is 33.3 Å². The molecule has 3 saturated heterocycles. The number of carbonyl (C=O) groups excluding carboxylic acids is 1. The fraction of sp³-hybridized carbons (Fsp3) is 0.381. The van der Waals surface area contributed by atoms with Gasteiger partial charge in [-0.3, -0.25) is 0 Å². The van der Waals surface area contributed by atoms with E-state index in [1.165, 1.54) is 4.31 Å². The summed E-state index contributed by atoms with van der Waals surface area (Å²) >= 11 is 6.00. The fourth-order valence-electron chi connectivity index (χ4n) is 4.80. The molecule has 1 N–H and O–H groups in total. The number of urea groups is 1. The average molecular weight is 448 g/mol. The van der Waals surface area contributed by atoms with E-state index in [2.05, 4.69) is 5.32 Å². The number of carbonyl (C=O) groups is 1. The molecule has 3 aliphatic rings. The molecule has 1 spiro atoms. The Balaban J connectivity index is 1.35. The smallest absolute Gasteiger partial charge is 0.322 e. The highest BCUT2D eigenvalue weighted by molar-refractivity contribution is 7.90. The third-order valence-corrected chi connectivity index (χ3v) is 8.63. The Hall–Kier alpha value is -2.13. The number of hydrogen-bond donors (Lipinski definition) is 1. The first-order valence-electron chi connectivity index (χ1n) is 9.88. The summed E-state index contributed by atoms with van der Waals surface area (Å²) in [6.07, 6.45) is 0.136. The molecule has 3 atom stereocenters. The molecule has 3 fully saturated rings. The number of hydrogen-bond acceptors (Lipinski definition) is 4. The number of rotatable bonds is 3. The molecule has 9 heteroatoms. The van der Waals surface area contributed by atoms with Gasteiger partial charge >= 0.3 is 6.03 Å². The van der Waals surface area contributed by atoms with Gasteiger partial charge in [-0.25, -0.2) is 13.2 Å². The summed E-state index contributed by atoms with van der Waals surface area (Å²) in [5.41, 5.74) is 0.646. The number of benzene rings is 2. The van der Waals surface area contributed by atoms with Gasteiger partial charge in [0.15, 0.2) is 0 Å². The zero-order valence-corrected chi connectivity index (χ0v) is 17.8. The van der Waals surface area contributed by atoms with E-state index in [1.807, 2.05) is 30.3 Å². The lowest BCUT2D eigenvalue weighted by Gasteiger charge is -2.39. The van der Waals surface area contributed by atoms with Crippen LogP contribution in [0.4, 0.5) is 10.5 Å². The van der Waals surface area contributed by atoms with E-state index in [4.69, 9.17) is 16.3 Å². The van der Waals surface area contributed by atoms with E-state index >= 15 is 0 Å². The second kappa shape index (κ2) is 7.23. The molecule has 0 aromatic heterocycles. The molecule has 2 aromatic rings. The number of sulfonamides is 1. The van der Waals surface area contributed by atoms with Crippen molar-refractivity contribution in [1.82, 2.24) is 9.21 Å². The summed E-state index contributed by atoms with van der Waals surface area (Å²) in [6.45, 7) is 1.18. The summed E-state index contributed by atoms with van der Waals surface area (Å²) < 4.78 is 34.2. The molecule has 2 bridgehead atoms. The quantitative estimate of drug-likeness (QED) is 0.784. The maximum absolute atomic E-state index is 13.2. The van der Waals surface area contributed by atoms with E-state index in [0.29, 0.717) is 30.2 Å². The highest BCUT2D eigenvalue weighted by Crippen LogP contribution is 2.47. The lowest BCUT2D eigenvalue weighted by atomic mass is 9.99. The first-order chi connectivity index (χ1) is 14.4. The molecule has 5 rings (SSSR count). The van der Waals surface area contributed by atoms with Crippen molar-refractivity contribution in [3.8, 4) is 0 Å². The number of nitrogens with one attached hydrogen (secondary N) is 1. The van der Waals surface area contributed by atoms with E-state index in [1.54, 1.807) is 29.2 Å². The Morgan fingerprint density at radius 2 is 1.97 bits per heavy atom. The minimum absolute atomic E-state index is 0.241. The van der Waals surface area contributed by atoms with E-state index in [9.17, 15) is 13.2 Å². The number of likely N-dealkylation sites (tertiary alicyclic amines) is 1. The molecular formula is C21H22ClN3O4S. The highest BCUT2D eigenvalue weighted by atomic mass is 35.5. The molecule has 3 aliphatic heterocycles. The van der Waals surface area contributed by atoms with E-state index < -0.39 is 20.9 Å². The van der Waals surface area contributed by atoms with Gasteiger partial charge in [0.1, 0.15) is 10.9 Å². The van der Waals surface area contributed by atoms with Gasteiger partial charge in [-0.1, -0.05) is 48.0 Å². The first kappa shape index (κ1) is 19.8. The average Bonchev–Trinajstić information content (AvgIpc) is 3.08. The lowest BCUT2D eigenvalue weighted by Crippen LogP contribution is -2.57. The van der Waals surface area contributed by atoms with Gasteiger partial charge in [0.2, 0.25) is 10.0 Å². The van der Waals surface area contributed by atoms with Crippen LogP contribution in [0, 0.1) is 0 Å². The summed E-state index contributed by atoms with van der Waals surface area (Å²) in [7, 11) is -3.51. The monoisotopic (exact) mass is 447 g/mol. The Kier molecular flexibility index (Phi) is 4.77. The van der Waals surface area contributed by atoms with Crippen LogP contribution in [0.25, 0.3) is 0 Å². The van der Waals surface area contributed by atoms with E-state index in [-0.39, 0.29) is 25.2 Å². The number of morpholine rings is 1. The largest absolute Gasteiger partial charge is 0.365 e. The van der Waals surface area contributed by atoms with Crippen molar-refractivity contribution in [2.24, 2.45) is 0 Å². The summed E-state index contributed by atoms with van der Waals surface area (Å²) in [6, 6.07) is 16.2. The zero-order valence-electron chi connectivity index (χ0n) is 16.2. The van der Waals surface area contributed by atoms with Crippen LogP contribution in [-0.4, -0.2) is 60.2 Å². The van der Waals surface area contributed by atoms with Crippen LogP contribution in [0.15, 0.2) is 54.6 Å². The predicted molar refractivity (Wildman–Crippen MR) is 114 cm³/mol. The Morgan fingerprint density at radius 3 is 2.73 bits per heavy atom. The lowest BCUT2D eigenvalue weighted by molar-refractivity contribution is -0.0946. The van der Waals surface area contributed by atoms with Crippen LogP contribution in [-0.2, 0) is 21.3 Å². The number of anilines is 1. The normalized spacial score (nSPS) is 29.6. The number of ether oxygens (including phenoxy) is 1. The molecule has 2 aromatic carbocycles. The number of fused-ring (bicyclic) bond motifs is 1. The molecule has 0 radical (unpaired) electrons. The van der Waals surface area contributed by atoms with Gasteiger partial charge in [-0.15, -0.1) is 0 Å². The Bertz CT molecular complexity index is 1080. The van der Waals surface area contributed by atoms with Crippen molar-refractivity contribution in [3.63, 3.8) is 0 Å². The number of halogens is 1. The second-order valence-electron chi connectivity index (χ2n) is 8.15. The SMILES string of the molecule is O=C(Nc1cccc(Cl)c1)N1C[C@@H]2C[C@@H]3[C@@](C1)(CN(Cc1ccccc1)S3(=O)=O)O2. The maximum Gasteiger partial charge on any atom is 0.322 e. The van der Waals surface area contributed by atoms with Gasteiger partial charge in [0.05, 0.1) is 12.6 Å². The molecule has 0 aliphatic carbocycles. The maximum atomic E-state index is 13.2. The number of nitrogens with zero attached hydrogens (tertiary/aromatic N) is 2. The van der Waals surface area contributed by atoms with Gasteiger partial charge in [0.25, 0.3) is 0 Å². The van der Waals surface area contributed by atoms with Crippen LogP contribution < -0.4 is 5.32 Å². The second-order valence-corrected chi connectivity index (χ2v) is 10.7. The molecule has 30 heavy (non-hydrogen) atoms. The fourth-order valence-corrected chi connectivity index (χ4v) is 7.28. The van der Waals surface area contributed by atoms with Gasteiger partial charge in [-0.05, 0) is 30.2 Å². The van der Waals surface area contributed by atoms with Crippen LogP contribution in [0.5, 0.6) is 0 Å². The van der Waals surface area contributed by atoms with Crippen molar-refractivity contribution in [1.29, 1.82) is 0 Å². The van der Waals surface area contributed by atoms with Crippen molar-refractivity contribution in [3.05, 3.63) is 65.2 Å². The topological polar surface area (TPSA) is 79.0 Å². The minimum atomic E-state index is -3.51. The van der Waals surface area contributed by atoms with Crippen LogP contribution >= 0.6 is 11.6 Å². The standard InChI is InChI=1S/C21H22ClN3O4S/c22-16-7-4-8-17(9-16)23-20(26)24-12-18-10-19-21(13-24,29-18)14-25(30(19,27)28)11-15-5-2-1-3-6-15/h1-9,18-19H,10-14H2,(H,23,26)/t18-,19+,21+/m0/s1. The van der Waals surface area contributed by atoms with Crippen LogP contribution in [0.3, 0.4) is 0 Å². The van der Waals surface area contributed by atoms with Crippen LogP contribution in [0.1, 0.15) is 12.0 Å². The molecule has 0 saturated carbocycles. The minimum Gasteiger partial charge on any atom is -0.365 e. The number of amides is 2. The third kappa shape index (κ3) is 3.37. The Labute approximate surface area is 180 Å². The summed E-state index contributed by atoms with van der Waals surface area (Å²) in [4.78, 5) is 14.5. The summed E-state index contributed by atoms with van der Waals surface area (Å²) in [5, 5.41) is 2.77. The van der Waals surface area contributed by atoms with E-state index in [0.717, 1.165) is 5.56 Å². The predicted octanol–water partition coefficient (Wildman–Crippen LogP) is 2.93. The summed E-state index contributed by atoms with van der Waals surface area (Å²) in [5.74, 6) is 0. The van der Waals surface area contributed by atoms with Gasteiger partial charge in [-0.2, -0.15) is 4.31 Å².